The minimum Gasteiger partial charge on any atom is -0.384 e. The Bertz CT molecular complexity index is 625. The molecule has 21 heavy (non-hydrogen) atoms. The van der Waals surface area contributed by atoms with Crippen LogP contribution in [0.25, 0.3) is 0 Å². The third kappa shape index (κ3) is 4.14. The van der Waals surface area contributed by atoms with E-state index < -0.39 is 33.1 Å². The summed E-state index contributed by atoms with van der Waals surface area (Å²) in [6, 6.07) is 4.04. The molecule has 1 heterocycles. The van der Waals surface area contributed by atoms with Crippen LogP contribution in [0.2, 0.25) is 5.02 Å². The molecule has 1 aliphatic rings. The molecule has 1 fully saturated rings. The van der Waals surface area contributed by atoms with Crippen LogP contribution in [0.3, 0.4) is 0 Å². The van der Waals surface area contributed by atoms with E-state index in [-0.39, 0.29) is 18.2 Å². The topological polar surface area (TPSA) is 75.6 Å². The van der Waals surface area contributed by atoms with E-state index in [1.165, 1.54) is 12.1 Å². The number of nitrogens with one attached hydrogen (secondary N) is 1. The lowest BCUT2D eigenvalue weighted by atomic mass is 9.92. The summed E-state index contributed by atoms with van der Waals surface area (Å²) in [4.78, 5) is 0. The van der Waals surface area contributed by atoms with Gasteiger partial charge in [-0.05, 0) is 17.7 Å². The van der Waals surface area contributed by atoms with E-state index in [2.05, 4.69) is 5.32 Å². The van der Waals surface area contributed by atoms with Crippen LogP contribution in [-0.2, 0) is 14.6 Å². The van der Waals surface area contributed by atoms with Gasteiger partial charge in [-0.25, -0.2) is 12.8 Å². The maximum atomic E-state index is 13.6. The minimum absolute atomic E-state index is 0.0367. The largest absolute Gasteiger partial charge is 0.384 e. The van der Waals surface area contributed by atoms with Crippen molar-refractivity contribution in [3.63, 3.8) is 0 Å². The van der Waals surface area contributed by atoms with Crippen LogP contribution >= 0.6 is 11.6 Å². The molecule has 0 amide bonds. The first-order valence-electron chi connectivity index (χ1n) is 6.39. The quantitative estimate of drug-likeness (QED) is 0.857. The second-order valence-electron chi connectivity index (χ2n) is 5.27. The normalized spacial score (nSPS) is 27.3. The predicted octanol–water partition coefficient (Wildman–Crippen LogP) is 0.916. The third-order valence-corrected chi connectivity index (χ3v) is 4.57. The molecule has 2 rings (SSSR count). The highest BCUT2D eigenvalue weighted by Crippen LogP contribution is 2.33. The van der Waals surface area contributed by atoms with Crippen molar-refractivity contribution in [2.24, 2.45) is 0 Å². The highest BCUT2D eigenvalue weighted by molar-refractivity contribution is 7.90. The van der Waals surface area contributed by atoms with Crippen LogP contribution in [0.1, 0.15) is 11.7 Å². The average Bonchev–Trinajstić information content (AvgIpc) is 2.52. The summed E-state index contributed by atoms with van der Waals surface area (Å²) in [7, 11) is -3.45. The first-order valence-corrected chi connectivity index (χ1v) is 8.82. The van der Waals surface area contributed by atoms with Crippen LogP contribution in [-0.4, -0.2) is 50.8 Å². The van der Waals surface area contributed by atoms with Crippen LogP contribution in [0.5, 0.6) is 0 Å². The smallest absolute Gasteiger partial charge is 0.150 e. The Morgan fingerprint density at radius 1 is 1.57 bits per heavy atom. The summed E-state index contributed by atoms with van der Waals surface area (Å²) in [5, 5.41) is 13.6. The molecule has 1 aromatic carbocycles. The summed E-state index contributed by atoms with van der Waals surface area (Å²) < 4.78 is 42.3. The molecule has 8 heteroatoms. The van der Waals surface area contributed by atoms with Gasteiger partial charge in [0, 0.05) is 19.3 Å². The summed E-state index contributed by atoms with van der Waals surface area (Å²) in [6.45, 7) is 0.786. The van der Waals surface area contributed by atoms with Gasteiger partial charge in [-0.3, -0.25) is 0 Å². The molecular formula is C13H17ClFNO4S. The number of sulfone groups is 1. The predicted molar refractivity (Wildman–Crippen MR) is 77.6 cm³/mol. The van der Waals surface area contributed by atoms with Crippen molar-refractivity contribution < 1.29 is 22.7 Å². The van der Waals surface area contributed by atoms with Gasteiger partial charge < -0.3 is 15.2 Å². The van der Waals surface area contributed by atoms with Gasteiger partial charge in [0.25, 0.3) is 0 Å². The zero-order chi connectivity index (χ0) is 15.7. The zero-order valence-corrected chi connectivity index (χ0v) is 13.0. The number of β-amino-alcohol motifs (C(OH)–C–C–N with tert-alkyl or cyclic N) is 1. The van der Waals surface area contributed by atoms with Gasteiger partial charge in [0.15, 0.2) is 0 Å². The Hall–Kier alpha value is -0.730. The van der Waals surface area contributed by atoms with Crippen molar-refractivity contribution in [3.05, 3.63) is 34.6 Å². The highest BCUT2D eigenvalue weighted by atomic mass is 35.5. The number of rotatable bonds is 3. The molecule has 0 saturated carbocycles. The van der Waals surface area contributed by atoms with E-state index in [1.807, 2.05) is 0 Å². The Morgan fingerprint density at radius 3 is 2.90 bits per heavy atom. The Kier molecular flexibility index (Phi) is 4.89. The van der Waals surface area contributed by atoms with E-state index in [0.717, 1.165) is 12.3 Å². The fourth-order valence-corrected chi connectivity index (χ4v) is 3.74. The summed E-state index contributed by atoms with van der Waals surface area (Å²) in [5.74, 6) is -1.13. The van der Waals surface area contributed by atoms with Crippen LogP contribution in [0.4, 0.5) is 4.39 Å². The molecule has 0 bridgehead atoms. The third-order valence-electron chi connectivity index (χ3n) is 3.24. The van der Waals surface area contributed by atoms with Crippen LogP contribution in [0.15, 0.2) is 18.2 Å². The van der Waals surface area contributed by atoms with Crippen LogP contribution in [0, 0.1) is 5.82 Å². The molecular weight excluding hydrogens is 321 g/mol. The first-order chi connectivity index (χ1) is 9.71. The fraction of sp³-hybridized carbons (Fsp3) is 0.538. The number of halogens is 2. The SMILES string of the molecule is CS(=O)(=O)C[C@@]1(O)CNCCO[C@@H]1c1ccc(Cl)c(F)c1. The monoisotopic (exact) mass is 337 g/mol. The molecule has 1 aliphatic heterocycles. The molecule has 0 spiro atoms. The molecule has 0 unspecified atom stereocenters. The maximum Gasteiger partial charge on any atom is 0.150 e. The minimum atomic E-state index is -3.45. The molecule has 1 aromatic rings. The average molecular weight is 338 g/mol. The van der Waals surface area contributed by atoms with Crippen molar-refractivity contribution in [1.82, 2.24) is 5.32 Å². The lowest BCUT2D eigenvalue weighted by molar-refractivity contribution is -0.0813. The zero-order valence-electron chi connectivity index (χ0n) is 11.5. The summed E-state index contributed by atoms with van der Waals surface area (Å²) in [6.07, 6.45) is 0.0871. The second kappa shape index (κ2) is 6.18. The Balaban J connectivity index is 2.41. The van der Waals surface area contributed by atoms with Gasteiger partial charge in [0.2, 0.25) is 0 Å². The molecule has 0 radical (unpaired) electrons. The van der Waals surface area contributed by atoms with Gasteiger partial charge in [-0.1, -0.05) is 17.7 Å². The number of hydrogen-bond acceptors (Lipinski definition) is 5. The number of benzene rings is 1. The van der Waals surface area contributed by atoms with E-state index in [4.69, 9.17) is 16.3 Å². The number of ether oxygens (including phenoxy) is 1. The molecule has 1 saturated heterocycles. The summed E-state index contributed by atoms with van der Waals surface area (Å²) >= 11 is 5.64. The standard InChI is InChI=1S/C13H17ClFNO4S/c1-21(18,19)8-13(17)7-16-4-5-20-12(13)9-2-3-10(14)11(15)6-9/h2-3,6,12,16-17H,4-5,7-8H2,1H3/t12-,13+/m1/s1. The van der Waals surface area contributed by atoms with Crippen LogP contribution < -0.4 is 5.32 Å². The lowest BCUT2D eigenvalue weighted by Gasteiger charge is -2.33. The molecule has 0 aliphatic carbocycles. The van der Waals surface area contributed by atoms with Gasteiger partial charge in [-0.2, -0.15) is 0 Å². The van der Waals surface area contributed by atoms with E-state index in [1.54, 1.807) is 0 Å². The molecule has 2 N–H and O–H groups in total. The highest BCUT2D eigenvalue weighted by Gasteiger charge is 2.42. The molecule has 5 nitrogen and oxygen atoms in total. The van der Waals surface area contributed by atoms with Crippen molar-refractivity contribution >= 4 is 21.4 Å². The number of aliphatic hydroxyl groups is 1. The van der Waals surface area contributed by atoms with Gasteiger partial charge >= 0.3 is 0 Å². The van der Waals surface area contributed by atoms with Gasteiger partial charge in [-0.15, -0.1) is 0 Å². The lowest BCUT2D eigenvalue weighted by Crippen LogP contribution is -2.49. The maximum absolute atomic E-state index is 13.6. The fourth-order valence-electron chi connectivity index (χ4n) is 2.46. The Morgan fingerprint density at radius 2 is 2.29 bits per heavy atom. The second-order valence-corrected chi connectivity index (χ2v) is 7.82. The van der Waals surface area contributed by atoms with E-state index in [0.29, 0.717) is 12.1 Å². The van der Waals surface area contributed by atoms with E-state index >= 15 is 0 Å². The molecule has 0 aromatic heterocycles. The Labute approximate surface area is 128 Å². The van der Waals surface area contributed by atoms with Crippen molar-refractivity contribution in [1.29, 1.82) is 0 Å². The van der Waals surface area contributed by atoms with E-state index in [9.17, 15) is 17.9 Å². The number of hydrogen-bond donors (Lipinski definition) is 2. The van der Waals surface area contributed by atoms with Gasteiger partial charge in [0.1, 0.15) is 27.4 Å². The van der Waals surface area contributed by atoms with Crippen molar-refractivity contribution in [2.75, 3.05) is 31.7 Å². The summed E-state index contributed by atoms with van der Waals surface area (Å²) in [5.41, 5.74) is -1.32. The first kappa shape index (κ1) is 16.6. The molecule has 118 valence electrons. The molecule has 2 atom stereocenters. The van der Waals surface area contributed by atoms with Crippen molar-refractivity contribution in [2.45, 2.75) is 11.7 Å². The van der Waals surface area contributed by atoms with Gasteiger partial charge in [0.05, 0.1) is 17.4 Å². The van der Waals surface area contributed by atoms with Crippen molar-refractivity contribution in [3.8, 4) is 0 Å².